The molecule has 2 aliphatic heterocycles. The van der Waals surface area contributed by atoms with Crippen LogP contribution in [-0.4, -0.2) is 33.9 Å². The van der Waals surface area contributed by atoms with E-state index >= 15 is 0 Å². The number of carbonyl (C=O) groups is 2. The second-order valence-corrected chi connectivity index (χ2v) is 8.64. The minimum absolute atomic E-state index is 0.112. The molecule has 4 atom stereocenters. The van der Waals surface area contributed by atoms with Crippen molar-refractivity contribution in [2.45, 2.75) is 44.5 Å². The number of aryl methyl sites for hydroxylation is 1. The molecule has 2 aliphatic rings. The fourth-order valence-corrected chi connectivity index (χ4v) is 5.08. The second-order valence-electron chi connectivity index (χ2n) is 8.64. The molecule has 3 aromatic carbocycles. The van der Waals surface area contributed by atoms with Gasteiger partial charge in [-0.25, -0.2) is 0 Å². The Hall–Kier alpha value is -3.02. The first kappa shape index (κ1) is 19.9. The van der Waals surface area contributed by atoms with E-state index < -0.39 is 12.1 Å². The number of piperidine rings is 1. The van der Waals surface area contributed by atoms with Crippen LogP contribution < -0.4 is 5.32 Å². The lowest BCUT2D eigenvalue weighted by Crippen LogP contribution is -2.52. The first-order valence-electron chi connectivity index (χ1n) is 10.9. The van der Waals surface area contributed by atoms with Crippen molar-refractivity contribution < 1.29 is 14.7 Å². The van der Waals surface area contributed by atoms with Crippen LogP contribution in [0, 0.1) is 12.8 Å². The van der Waals surface area contributed by atoms with Crippen LogP contribution >= 0.6 is 0 Å². The molecule has 31 heavy (non-hydrogen) atoms. The van der Waals surface area contributed by atoms with E-state index in [9.17, 15) is 14.7 Å². The summed E-state index contributed by atoms with van der Waals surface area (Å²) >= 11 is 0. The average Bonchev–Trinajstić information content (AvgIpc) is 3.03. The van der Waals surface area contributed by atoms with Crippen molar-refractivity contribution in [3.8, 4) is 0 Å². The van der Waals surface area contributed by atoms with Crippen LogP contribution in [0.25, 0.3) is 10.8 Å². The fraction of sp³-hybridized carbons (Fsp3) is 0.308. The monoisotopic (exact) mass is 414 g/mol. The Morgan fingerprint density at radius 1 is 0.968 bits per heavy atom. The van der Waals surface area contributed by atoms with Gasteiger partial charge in [-0.2, -0.15) is 0 Å². The van der Waals surface area contributed by atoms with Gasteiger partial charge in [-0.1, -0.05) is 66.7 Å². The van der Waals surface area contributed by atoms with Gasteiger partial charge in [0.05, 0.1) is 24.6 Å². The third-order valence-electron chi connectivity index (χ3n) is 6.80. The maximum atomic E-state index is 13.2. The number of carbonyl (C=O) groups excluding carboxylic acids is 2. The lowest BCUT2D eigenvalue weighted by atomic mass is 9.85. The van der Waals surface area contributed by atoms with E-state index in [2.05, 4.69) is 5.32 Å². The van der Waals surface area contributed by atoms with E-state index in [4.69, 9.17) is 0 Å². The number of likely N-dealkylation sites (tertiary alicyclic amines) is 1. The van der Waals surface area contributed by atoms with Gasteiger partial charge in [0.15, 0.2) is 0 Å². The van der Waals surface area contributed by atoms with Crippen molar-refractivity contribution in [2.75, 3.05) is 0 Å². The molecule has 5 rings (SSSR count). The van der Waals surface area contributed by atoms with Crippen LogP contribution in [0.5, 0.6) is 0 Å². The Morgan fingerprint density at radius 3 is 2.55 bits per heavy atom. The van der Waals surface area contributed by atoms with Crippen molar-refractivity contribution in [1.82, 2.24) is 10.2 Å². The molecule has 0 aromatic heterocycles. The molecule has 0 bridgehead atoms. The molecule has 2 saturated heterocycles. The van der Waals surface area contributed by atoms with Crippen molar-refractivity contribution in [3.63, 3.8) is 0 Å². The van der Waals surface area contributed by atoms with Crippen LogP contribution in [0.15, 0.2) is 66.7 Å². The number of hydrogen-bond acceptors (Lipinski definition) is 4. The van der Waals surface area contributed by atoms with E-state index in [0.717, 1.165) is 27.5 Å². The van der Waals surface area contributed by atoms with E-state index in [-0.39, 0.29) is 30.3 Å². The predicted molar refractivity (Wildman–Crippen MR) is 119 cm³/mol. The van der Waals surface area contributed by atoms with Crippen LogP contribution in [0.3, 0.4) is 0 Å². The first-order chi connectivity index (χ1) is 15.0. The second kappa shape index (κ2) is 7.91. The quantitative estimate of drug-likeness (QED) is 0.642. The number of aliphatic hydroxyl groups is 1. The Labute approximate surface area is 181 Å². The summed E-state index contributed by atoms with van der Waals surface area (Å²) in [6.45, 7) is 2.25. The van der Waals surface area contributed by atoms with Crippen LogP contribution in [0.2, 0.25) is 0 Å². The SMILES string of the molecule is Cc1ccccc1[C@@H](O)[C@H]1CCC2C(=O)N(Cc3cccc4ccccc34)C(=O)[C@H]2N1. The zero-order chi connectivity index (χ0) is 21.5. The predicted octanol–water partition coefficient (Wildman–Crippen LogP) is 3.49. The minimum atomic E-state index is -0.711. The van der Waals surface area contributed by atoms with E-state index in [0.29, 0.717) is 12.8 Å². The highest BCUT2D eigenvalue weighted by Gasteiger charge is 2.50. The molecule has 158 valence electrons. The van der Waals surface area contributed by atoms with Crippen molar-refractivity contribution in [1.29, 1.82) is 0 Å². The molecule has 0 saturated carbocycles. The van der Waals surface area contributed by atoms with Gasteiger partial charge in [0.25, 0.3) is 0 Å². The number of amides is 2. The largest absolute Gasteiger partial charge is 0.387 e. The molecule has 0 spiro atoms. The zero-order valence-corrected chi connectivity index (χ0v) is 17.5. The van der Waals surface area contributed by atoms with Gasteiger partial charge in [-0.15, -0.1) is 0 Å². The molecule has 1 unspecified atom stereocenters. The first-order valence-corrected chi connectivity index (χ1v) is 10.9. The molecule has 2 N–H and O–H groups in total. The minimum Gasteiger partial charge on any atom is -0.387 e. The maximum Gasteiger partial charge on any atom is 0.247 e. The lowest BCUT2D eigenvalue weighted by Gasteiger charge is -2.34. The Bertz CT molecular complexity index is 1150. The summed E-state index contributed by atoms with van der Waals surface area (Å²) in [6.07, 6.45) is 0.539. The normalized spacial score (nSPS) is 24.5. The molecule has 2 fully saturated rings. The average molecular weight is 415 g/mol. The number of imide groups is 1. The highest BCUT2D eigenvalue weighted by Crippen LogP contribution is 2.35. The van der Waals surface area contributed by atoms with Gasteiger partial charge >= 0.3 is 0 Å². The van der Waals surface area contributed by atoms with Gasteiger partial charge in [-0.3, -0.25) is 19.8 Å². The Balaban J connectivity index is 1.37. The molecule has 0 radical (unpaired) electrons. The third-order valence-corrected chi connectivity index (χ3v) is 6.80. The molecule has 3 aromatic rings. The summed E-state index contributed by atoms with van der Waals surface area (Å²) in [4.78, 5) is 27.7. The highest BCUT2D eigenvalue weighted by molar-refractivity contribution is 6.07. The van der Waals surface area contributed by atoms with Crippen LogP contribution in [0.1, 0.15) is 35.6 Å². The molecule has 5 nitrogen and oxygen atoms in total. The van der Waals surface area contributed by atoms with Crippen molar-refractivity contribution in [3.05, 3.63) is 83.4 Å². The maximum absolute atomic E-state index is 13.2. The number of hydrogen-bond donors (Lipinski definition) is 2. The summed E-state index contributed by atoms with van der Waals surface area (Å²) in [5.74, 6) is -0.660. The number of nitrogens with one attached hydrogen (secondary N) is 1. The number of nitrogens with zero attached hydrogens (tertiary/aromatic N) is 1. The zero-order valence-electron chi connectivity index (χ0n) is 17.5. The number of rotatable bonds is 4. The number of benzene rings is 3. The number of fused-ring (bicyclic) bond motifs is 2. The summed E-state index contributed by atoms with van der Waals surface area (Å²) < 4.78 is 0. The molecule has 5 heteroatoms. The molecule has 2 heterocycles. The third kappa shape index (κ3) is 3.44. The van der Waals surface area contributed by atoms with Crippen molar-refractivity contribution >= 4 is 22.6 Å². The summed E-state index contributed by atoms with van der Waals surface area (Å²) in [7, 11) is 0. The van der Waals surface area contributed by atoms with Gasteiger partial charge in [0.2, 0.25) is 11.8 Å². The van der Waals surface area contributed by atoms with Gasteiger partial charge < -0.3 is 5.11 Å². The smallest absolute Gasteiger partial charge is 0.247 e. The summed E-state index contributed by atoms with van der Waals surface area (Å²) in [5, 5.41) is 16.4. The van der Waals surface area contributed by atoms with Crippen LogP contribution in [0.4, 0.5) is 0 Å². The van der Waals surface area contributed by atoms with Crippen molar-refractivity contribution in [2.24, 2.45) is 5.92 Å². The standard InChI is InChI=1S/C26H26N2O3/c1-16-7-2-4-11-19(16)24(29)22-14-13-21-23(27-22)26(31)28(25(21)30)15-18-10-6-9-17-8-3-5-12-20(17)18/h2-12,21-24,27,29H,13-15H2,1H3/t21?,22-,23+,24-/m1/s1. The van der Waals surface area contributed by atoms with Crippen LogP contribution in [-0.2, 0) is 16.1 Å². The highest BCUT2D eigenvalue weighted by atomic mass is 16.3. The fourth-order valence-electron chi connectivity index (χ4n) is 5.08. The molecule has 2 amide bonds. The van der Waals surface area contributed by atoms with Gasteiger partial charge in [0.1, 0.15) is 0 Å². The Morgan fingerprint density at radius 2 is 1.71 bits per heavy atom. The van der Waals surface area contributed by atoms with E-state index in [1.54, 1.807) is 0 Å². The van der Waals surface area contributed by atoms with Gasteiger partial charge in [0, 0.05) is 6.04 Å². The Kier molecular flexibility index (Phi) is 5.08. The van der Waals surface area contributed by atoms with Gasteiger partial charge in [-0.05, 0) is 47.2 Å². The summed E-state index contributed by atoms with van der Waals surface area (Å²) in [6, 6.07) is 20.9. The van der Waals surface area contributed by atoms with E-state index in [1.165, 1.54) is 4.90 Å². The topological polar surface area (TPSA) is 69.6 Å². The number of aliphatic hydroxyl groups excluding tert-OH is 1. The lowest BCUT2D eigenvalue weighted by molar-refractivity contribution is -0.140. The summed E-state index contributed by atoms with van der Waals surface area (Å²) in [5.41, 5.74) is 2.85. The molecular weight excluding hydrogens is 388 g/mol. The molecular formula is C26H26N2O3. The van der Waals surface area contributed by atoms with E-state index in [1.807, 2.05) is 73.7 Å². The molecule has 0 aliphatic carbocycles.